The van der Waals surface area contributed by atoms with Gasteiger partial charge >= 0.3 is 0 Å². The number of likely N-dealkylation sites (tertiary alicyclic amines) is 1. The van der Waals surface area contributed by atoms with Gasteiger partial charge in [0.25, 0.3) is 0 Å². The van der Waals surface area contributed by atoms with E-state index in [1.807, 2.05) is 6.07 Å². The Kier molecular flexibility index (Phi) is 4.06. The number of rotatable bonds is 2. The highest BCUT2D eigenvalue weighted by Gasteiger charge is 2.49. The predicted octanol–water partition coefficient (Wildman–Crippen LogP) is 3.37. The molecular formula is C20H25NO2. The van der Waals surface area contributed by atoms with Crippen LogP contribution in [0.4, 0.5) is 0 Å². The number of fused-ring (bicyclic) bond motifs is 2. The number of hydrogen-bond donors (Lipinski definition) is 0. The van der Waals surface area contributed by atoms with Gasteiger partial charge in [0.1, 0.15) is 11.6 Å². The van der Waals surface area contributed by atoms with Gasteiger partial charge in [-0.1, -0.05) is 30.3 Å². The summed E-state index contributed by atoms with van der Waals surface area (Å²) in [6.45, 7) is 0.879. The minimum absolute atomic E-state index is 0.0933. The van der Waals surface area contributed by atoms with E-state index in [2.05, 4.69) is 29.2 Å². The van der Waals surface area contributed by atoms with E-state index in [9.17, 15) is 9.59 Å². The van der Waals surface area contributed by atoms with Gasteiger partial charge in [-0.3, -0.25) is 14.5 Å². The Hall–Kier alpha value is -1.48. The van der Waals surface area contributed by atoms with Crippen LogP contribution >= 0.6 is 0 Å². The number of hydrogen-bond acceptors (Lipinski definition) is 3. The van der Waals surface area contributed by atoms with E-state index in [0.29, 0.717) is 36.5 Å². The van der Waals surface area contributed by atoms with Gasteiger partial charge in [0.05, 0.1) is 0 Å². The van der Waals surface area contributed by atoms with Crippen LogP contribution in [0.1, 0.15) is 50.5 Å². The van der Waals surface area contributed by atoms with Crippen molar-refractivity contribution in [3.63, 3.8) is 0 Å². The molecule has 3 fully saturated rings. The fraction of sp³-hybridized carbons (Fsp3) is 0.600. The average Bonchev–Trinajstić information content (AvgIpc) is 2.57. The van der Waals surface area contributed by atoms with Gasteiger partial charge in [0.2, 0.25) is 0 Å². The number of ketones is 2. The van der Waals surface area contributed by atoms with E-state index in [4.69, 9.17) is 0 Å². The first-order valence-corrected chi connectivity index (χ1v) is 9.09. The molecule has 0 bridgehead atoms. The van der Waals surface area contributed by atoms with Crippen LogP contribution in [-0.4, -0.2) is 28.6 Å². The Morgan fingerprint density at radius 1 is 0.870 bits per heavy atom. The largest absolute Gasteiger partial charge is 0.299 e. The fourth-order valence-corrected chi connectivity index (χ4v) is 5.09. The Morgan fingerprint density at radius 3 is 2.00 bits per heavy atom. The maximum Gasteiger partial charge on any atom is 0.137 e. The normalized spacial score (nSPS) is 34.8. The smallest absolute Gasteiger partial charge is 0.137 e. The second-order valence-electron chi connectivity index (χ2n) is 7.46. The Balaban J connectivity index is 1.66. The maximum absolute atomic E-state index is 12.5. The molecular weight excluding hydrogens is 286 g/mol. The highest BCUT2D eigenvalue weighted by molar-refractivity contribution is 5.86. The highest BCUT2D eigenvalue weighted by atomic mass is 16.1. The van der Waals surface area contributed by atoms with Gasteiger partial charge in [-0.2, -0.15) is 0 Å². The van der Waals surface area contributed by atoms with Crippen LogP contribution in [0.5, 0.6) is 0 Å². The summed E-state index contributed by atoms with van der Waals surface area (Å²) in [5.74, 6) is 0.985. The van der Waals surface area contributed by atoms with Crippen LogP contribution in [0.3, 0.4) is 0 Å². The number of carbonyl (C=O) groups excluding carboxylic acids is 2. The third kappa shape index (κ3) is 2.76. The summed E-state index contributed by atoms with van der Waals surface area (Å²) >= 11 is 0. The van der Waals surface area contributed by atoms with Crippen molar-refractivity contribution < 1.29 is 9.59 Å². The van der Waals surface area contributed by atoms with Crippen LogP contribution in [0, 0.1) is 11.8 Å². The molecule has 2 aliphatic carbocycles. The van der Waals surface area contributed by atoms with Crippen molar-refractivity contribution >= 4 is 11.6 Å². The molecule has 0 aromatic heterocycles. The Bertz CT molecular complexity index is 565. The number of carbonyl (C=O) groups is 2. The van der Waals surface area contributed by atoms with Crippen molar-refractivity contribution in [2.24, 2.45) is 11.8 Å². The Morgan fingerprint density at radius 2 is 1.43 bits per heavy atom. The lowest BCUT2D eigenvalue weighted by molar-refractivity contribution is -0.142. The van der Waals surface area contributed by atoms with Crippen LogP contribution in [0.15, 0.2) is 30.3 Å². The first kappa shape index (κ1) is 15.1. The standard InChI is InChI=1S/C20H25NO2/c22-19-10-4-8-17-15(19)12-16-18(9-5-11-20(16)23)21(17)13-14-6-2-1-3-7-14/h1-3,6-7,15-18H,4-5,8-13H2. The molecule has 4 rings (SSSR count). The zero-order chi connectivity index (χ0) is 15.8. The Labute approximate surface area is 138 Å². The number of piperidine rings is 1. The second-order valence-corrected chi connectivity index (χ2v) is 7.46. The van der Waals surface area contributed by atoms with E-state index < -0.39 is 0 Å². The highest BCUT2D eigenvalue weighted by Crippen LogP contribution is 2.43. The van der Waals surface area contributed by atoms with E-state index >= 15 is 0 Å². The van der Waals surface area contributed by atoms with Crippen LogP contribution < -0.4 is 0 Å². The van der Waals surface area contributed by atoms with Gasteiger partial charge < -0.3 is 0 Å². The number of Topliss-reactive ketones (excluding diaryl/α,β-unsaturated/α-hetero) is 2. The summed E-state index contributed by atoms with van der Waals surface area (Å²) in [6.07, 6.45) is 6.49. The van der Waals surface area contributed by atoms with Gasteiger partial charge in [0.15, 0.2) is 0 Å². The molecule has 0 radical (unpaired) electrons. The van der Waals surface area contributed by atoms with Crippen molar-refractivity contribution in [1.82, 2.24) is 4.90 Å². The molecule has 2 saturated carbocycles. The molecule has 122 valence electrons. The minimum atomic E-state index is 0.0933. The molecule has 1 aliphatic heterocycles. The number of nitrogens with zero attached hydrogens (tertiary/aromatic N) is 1. The van der Waals surface area contributed by atoms with Crippen molar-refractivity contribution in [3.05, 3.63) is 35.9 Å². The summed E-state index contributed by atoms with van der Waals surface area (Å²) in [5.41, 5.74) is 1.29. The lowest BCUT2D eigenvalue weighted by Crippen LogP contribution is -2.60. The zero-order valence-electron chi connectivity index (χ0n) is 13.6. The molecule has 1 heterocycles. The molecule has 1 saturated heterocycles. The molecule has 0 amide bonds. The van der Waals surface area contributed by atoms with Crippen LogP contribution in [0.25, 0.3) is 0 Å². The van der Waals surface area contributed by atoms with Crippen molar-refractivity contribution in [2.45, 2.75) is 63.6 Å². The molecule has 4 atom stereocenters. The summed E-state index contributed by atoms with van der Waals surface area (Å²) in [5, 5.41) is 0. The van der Waals surface area contributed by atoms with E-state index in [1.54, 1.807) is 0 Å². The van der Waals surface area contributed by atoms with Gasteiger partial charge in [-0.05, 0) is 37.7 Å². The van der Waals surface area contributed by atoms with Gasteiger partial charge in [-0.25, -0.2) is 0 Å². The lowest BCUT2D eigenvalue weighted by atomic mass is 9.67. The van der Waals surface area contributed by atoms with Gasteiger partial charge in [-0.15, -0.1) is 0 Å². The quantitative estimate of drug-likeness (QED) is 0.840. The summed E-state index contributed by atoms with van der Waals surface area (Å²) < 4.78 is 0. The summed E-state index contributed by atoms with van der Waals surface area (Å²) in [6, 6.07) is 11.2. The topological polar surface area (TPSA) is 37.4 Å². The van der Waals surface area contributed by atoms with Crippen LogP contribution in [0.2, 0.25) is 0 Å². The first-order valence-electron chi connectivity index (χ1n) is 9.09. The number of benzene rings is 1. The lowest BCUT2D eigenvalue weighted by Gasteiger charge is -2.52. The molecule has 1 aromatic carbocycles. The molecule has 3 aliphatic rings. The average molecular weight is 311 g/mol. The van der Waals surface area contributed by atoms with Crippen LogP contribution in [-0.2, 0) is 16.1 Å². The van der Waals surface area contributed by atoms with Crippen molar-refractivity contribution in [3.8, 4) is 0 Å². The first-order chi connectivity index (χ1) is 11.2. The molecule has 23 heavy (non-hydrogen) atoms. The summed E-state index contributed by atoms with van der Waals surface area (Å²) in [7, 11) is 0. The zero-order valence-corrected chi connectivity index (χ0v) is 13.6. The molecule has 0 spiro atoms. The molecule has 3 heteroatoms. The van der Waals surface area contributed by atoms with E-state index in [-0.39, 0.29) is 11.8 Å². The van der Waals surface area contributed by atoms with E-state index in [0.717, 1.165) is 38.6 Å². The maximum atomic E-state index is 12.5. The summed E-state index contributed by atoms with van der Waals surface area (Å²) in [4.78, 5) is 27.5. The fourth-order valence-electron chi connectivity index (χ4n) is 5.09. The minimum Gasteiger partial charge on any atom is -0.299 e. The SMILES string of the molecule is O=C1CCCC2C1CC1C(=O)CCCC1N2Cc1ccccc1. The third-order valence-electron chi connectivity index (χ3n) is 6.17. The van der Waals surface area contributed by atoms with Crippen molar-refractivity contribution in [2.75, 3.05) is 0 Å². The second kappa shape index (κ2) is 6.20. The van der Waals surface area contributed by atoms with E-state index in [1.165, 1.54) is 5.56 Å². The van der Waals surface area contributed by atoms with Gasteiger partial charge in [0, 0.05) is 43.3 Å². The molecule has 4 unspecified atom stereocenters. The molecule has 1 aromatic rings. The molecule has 3 nitrogen and oxygen atoms in total. The predicted molar refractivity (Wildman–Crippen MR) is 88.9 cm³/mol. The third-order valence-corrected chi connectivity index (χ3v) is 6.17. The monoisotopic (exact) mass is 311 g/mol. The van der Waals surface area contributed by atoms with Crippen molar-refractivity contribution in [1.29, 1.82) is 0 Å². The molecule has 0 N–H and O–H groups in total.